The molecule has 0 spiro atoms. The molecule has 2 heteroatoms. The second kappa shape index (κ2) is 7.56. The van der Waals surface area contributed by atoms with E-state index in [4.69, 9.17) is 4.74 Å². The van der Waals surface area contributed by atoms with Gasteiger partial charge in [-0.05, 0) is 18.9 Å². The summed E-state index contributed by atoms with van der Waals surface area (Å²) in [5.41, 5.74) is 0. The van der Waals surface area contributed by atoms with Crippen molar-refractivity contribution in [3.63, 3.8) is 0 Å². The van der Waals surface area contributed by atoms with E-state index in [1.54, 1.807) is 7.11 Å². The van der Waals surface area contributed by atoms with Crippen LogP contribution in [0.25, 0.3) is 0 Å². The summed E-state index contributed by atoms with van der Waals surface area (Å²) in [5.74, 6) is 0.620. The Balaban J connectivity index is 3.72. The van der Waals surface area contributed by atoms with Crippen molar-refractivity contribution in [2.45, 2.75) is 39.7 Å². The average molecular weight is 173 g/mol. The lowest BCUT2D eigenvalue weighted by molar-refractivity contribution is 0.137. The highest BCUT2D eigenvalue weighted by atomic mass is 16.5. The van der Waals surface area contributed by atoms with Gasteiger partial charge in [-0.1, -0.05) is 27.2 Å². The smallest absolute Gasteiger partial charge is 0.0502 e. The Morgan fingerprint density at radius 1 is 1.33 bits per heavy atom. The third-order valence-electron chi connectivity index (χ3n) is 2.18. The van der Waals surface area contributed by atoms with E-state index in [0.29, 0.717) is 12.0 Å². The van der Waals surface area contributed by atoms with Crippen molar-refractivity contribution in [2.75, 3.05) is 20.3 Å². The van der Waals surface area contributed by atoms with Gasteiger partial charge in [-0.3, -0.25) is 0 Å². The van der Waals surface area contributed by atoms with Crippen molar-refractivity contribution in [1.82, 2.24) is 5.32 Å². The second-order valence-electron chi connectivity index (χ2n) is 3.39. The molecule has 0 aliphatic carbocycles. The molecule has 0 fully saturated rings. The summed E-state index contributed by atoms with van der Waals surface area (Å²) in [7, 11) is 1.77. The number of hydrogen-bond donors (Lipinski definition) is 1. The van der Waals surface area contributed by atoms with Crippen molar-refractivity contribution in [2.24, 2.45) is 5.92 Å². The van der Waals surface area contributed by atoms with Crippen LogP contribution < -0.4 is 5.32 Å². The van der Waals surface area contributed by atoms with Gasteiger partial charge in [0.05, 0.1) is 6.61 Å². The molecule has 2 atom stereocenters. The molecule has 0 saturated heterocycles. The summed E-state index contributed by atoms with van der Waals surface area (Å²) in [5, 5.41) is 3.49. The fourth-order valence-electron chi connectivity index (χ4n) is 1.54. The Labute approximate surface area is 76.7 Å². The topological polar surface area (TPSA) is 21.3 Å². The SMILES string of the molecule is CCCC(NCC)C(C)COC. The summed E-state index contributed by atoms with van der Waals surface area (Å²) in [6.45, 7) is 8.54. The molecule has 1 N–H and O–H groups in total. The zero-order valence-electron chi connectivity index (χ0n) is 8.89. The number of nitrogens with one attached hydrogen (secondary N) is 1. The number of hydrogen-bond acceptors (Lipinski definition) is 2. The molecule has 0 saturated carbocycles. The molecular formula is C10H23NO. The first kappa shape index (κ1) is 11.9. The predicted molar refractivity (Wildman–Crippen MR) is 53.4 cm³/mol. The van der Waals surface area contributed by atoms with Gasteiger partial charge in [-0.25, -0.2) is 0 Å². The average Bonchev–Trinajstić information content (AvgIpc) is 2.04. The zero-order chi connectivity index (χ0) is 9.40. The Bertz CT molecular complexity index is 89.8. The maximum absolute atomic E-state index is 5.14. The largest absolute Gasteiger partial charge is 0.384 e. The summed E-state index contributed by atoms with van der Waals surface area (Å²) in [4.78, 5) is 0. The monoisotopic (exact) mass is 173 g/mol. The molecule has 2 nitrogen and oxygen atoms in total. The normalized spacial score (nSPS) is 16.0. The van der Waals surface area contributed by atoms with E-state index in [1.807, 2.05) is 0 Å². The fraction of sp³-hybridized carbons (Fsp3) is 1.00. The molecule has 0 heterocycles. The highest BCUT2D eigenvalue weighted by molar-refractivity contribution is 4.71. The number of rotatable bonds is 7. The van der Waals surface area contributed by atoms with Crippen LogP contribution in [-0.4, -0.2) is 26.3 Å². The first-order chi connectivity index (χ1) is 5.76. The highest BCUT2D eigenvalue weighted by Crippen LogP contribution is 2.09. The lowest BCUT2D eigenvalue weighted by atomic mass is 9.98. The molecule has 0 aromatic rings. The molecular weight excluding hydrogens is 150 g/mol. The minimum Gasteiger partial charge on any atom is -0.384 e. The Morgan fingerprint density at radius 3 is 2.42 bits per heavy atom. The van der Waals surface area contributed by atoms with E-state index in [0.717, 1.165) is 13.2 Å². The standard InChI is InChI=1S/C10H23NO/c1-5-7-10(11-6-2)9(3)8-12-4/h9-11H,5-8H2,1-4H3. The Kier molecular flexibility index (Phi) is 7.51. The maximum Gasteiger partial charge on any atom is 0.0502 e. The molecule has 12 heavy (non-hydrogen) atoms. The van der Waals surface area contributed by atoms with Crippen LogP contribution in [0.5, 0.6) is 0 Å². The quantitative estimate of drug-likeness (QED) is 0.636. The van der Waals surface area contributed by atoms with Gasteiger partial charge in [0.15, 0.2) is 0 Å². The Morgan fingerprint density at radius 2 is 2.00 bits per heavy atom. The van der Waals surface area contributed by atoms with Gasteiger partial charge < -0.3 is 10.1 Å². The third-order valence-corrected chi connectivity index (χ3v) is 2.18. The third kappa shape index (κ3) is 4.73. The van der Waals surface area contributed by atoms with Gasteiger partial charge in [-0.2, -0.15) is 0 Å². The first-order valence-electron chi connectivity index (χ1n) is 4.98. The molecule has 0 aromatic carbocycles. The molecule has 0 aliphatic heterocycles. The van der Waals surface area contributed by atoms with E-state index in [-0.39, 0.29) is 0 Å². The molecule has 0 radical (unpaired) electrons. The summed E-state index contributed by atoms with van der Waals surface area (Å²) in [6, 6.07) is 0.625. The van der Waals surface area contributed by atoms with Crippen LogP contribution in [0.1, 0.15) is 33.6 Å². The number of methoxy groups -OCH3 is 1. The van der Waals surface area contributed by atoms with Crippen LogP contribution in [0.15, 0.2) is 0 Å². The van der Waals surface area contributed by atoms with Crippen LogP contribution in [-0.2, 0) is 4.74 Å². The fourth-order valence-corrected chi connectivity index (χ4v) is 1.54. The van der Waals surface area contributed by atoms with E-state index < -0.39 is 0 Å². The van der Waals surface area contributed by atoms with Crippen molar-refractivity contribution < 1.29 is 4.74 Å². The van der Waals surface area contributed by atoms with E-state index >= 15 is 0 Å². The molecule has 0 rings (SSSR count). The zero-order valence-corrected chi connectivity index (χ0v) is 8.89. The van der Waals surface area contributed by atoms with Crippen molar-refractivity contribution in [1.29, 1.82) is 0 Å². The highest BCUT2D eigenvalue weighted by Gasteiger charge is 2.14. The summed E-state index contributed by atoms with van der Waals surface area (Å²) < 4.78 is 5.14. The molecule has 0 bridgehead atoms. The lowest BCUT2D eigenvalue weighted by Crippen LogP contribution is -2.36. The molecule has 0 amide bonds. The van der Waals surface area contributed by atoms with Gasteiger partial charge in [0.1, 0.15) is 0 Å². The minimum atomic E-state index is 0.620. The van der Waals surface area contributed by atoms with E-state index in [9.17, 15) is 0 Å². The van der Waals surface area contributed by atoms with Crippen LogP contribution >= 0.6 is 0 Å². The molecule has 0 aromatic heterocycles. The summed E-state index contributed by atoms with van der Waals surface area (Å²) >= 11 is 0. The number of ether oxygens (including phenoxy) is 1. The summed E-state index contributed by atoms with van der Waals surface area (Å²) in [6.07, 6.45) is 2.49. The van der Waals surface area contributed by atoms with Crippen LogP contribution in [0.3, 0.4) is 0 Å². The van der Waals surface area contributed by atoms with Crippen molar-refractivity contribution >= 4 is 0 Å². The predicted octanol–water partition coefficient (Wildman–Crippen LogP) is 2.05. The van der Waals surface area contributed by atoms with Gasteiger partial charge >= 0.3 is 0 Å². The molecule has 74 valence electrons. The van der Waals surface area contributed by atoms with Gasteiger partial charge in [0, 0.05) is 13.2 Å². The van der Waals surface area contributed by atoms with Crippen LogP contribution in [0, 0.1) is 5.92 Å². The molecule has 2 unspecified atom stereocenters. The van der Waals surface area contributed by atoms with Crippen molar-refractivity contribution in [3.8, 4) is 0 Å². The van der Waals surface area contributed by atoms with E-state index in [2.05, 4.69) is 26.1 Å². The molecule has 0 aliphatic rings. The van der Waals surface area contributed by atoms with Crippen molar-refractivity contribution in [3.05, 3.63) is 0 Å². The Hall–Kier alpha value is -0.0800. The lowest BCUT2D eigenvalue weighted by Gasteiger charge is -2.23. The van der Waals surface area contributed by atoms with Crippen LogP contribution in [0.2, 0.25) is 0 Å². The van der Waals surface area contributed by atoms with Crippen LogP contribution in [0.4, 0.5) is 0 Å². The van der Waals surface area contributed by atoms with E-state index in [1.165, 1.54) is 12.8 Å². The van der Waals surface area contributed by atoms with Gasteiger partial charge in [-0.15, -0.1) is 0 Å². The second-order valence-corrected chi connectivity index (χ2v) is 3.39. The first-order valence-corrected chi connectivity index (χ1v) is 4.98. The maximum atomic E-state index is 5.14. The van der Waals surface area contributed by atoms with Gasteiger partial charge in [0.2, 0.25) is 0 Å². The van der Waals surface area contributed by atoms with Gasteiger partial charge in [0.25, 0.3) is 0 Å². The minimum absolute atomic E-state index is 0.620.